The molecule has 1 heterocycles. The second kappa shape index (κ2) is 6.19. The van der Waals surface area contributed by atoms with Gasteiger partial charge in [0.1, 0.15) is 5.82 Å². The first-order valence-corrected chi connectivity index (χ1v) is 7.12. The molecule has 1 fully saturated rings. The normalized spacial score (nSPS) is 15.4. The molecule has 0 bridgehead atoms. The lowest BCUT2D eigenvalue weighted by Crippen LogP contribution is -2.29. The van der Waals surface area contributed by atoms with E-state index in [1.54, 1.807) is 0 Å². The van der Waals surface area contributed by atoms with Crippen molar-refractivity contribution in [2.45, 2.75) is 46.2 Å². The lowest BCUT2D eigenvalue weighted by Gasteiger charge is -2.24. The SMILES string of the molecule is CCNc1cc(CN(CC(C)C)C2CC2)ccn1. The van der Waals surface area contributed by atoms with Gasteiger partial charge in [0.25, 0.3) is 0 Å². The highest BCUT2D eigenvalue weighted by atomic mass is 15.2. The zero-order valence-electron chi connectivity index (χ0n) is 11.8. The van der Waals surface area contributed by atoms with E-state index in [1.807, 2.05) is 6.20 Å². The molecule has 0 radical (unpaired) electrons. The van der Waals surface area contributed by atoms with E-state index in [4.69, 9.17) is 0 Å². The average Bonchev–Trinajstić information content (AvgIpc) is 3.12. The van der Waals surface area contributed by atoms with Crippen LogP contribution in [0.25, 0.3) is 0 Å². The maximum atomic E-state index is 4.33. The van der Waals surface area contributed by atoms with Gasteiger partial charge in [-0.25, -0.2) is 4.98 Å². The fourth-order valence-electron chi connectivity index (χ4n) is 2.34. The van der Waals surface area contributed by atoms with E-state index in [2.05, 4.69) is 48.1 Å². The molecule has 1 N–H and O–H groups in total. The molecule has 0 aromatic carbocycles. The van der Waals surface area contributed by atoms with Gasteiger partial charge in [0, 0.05) is 31.9 Å². The fourth-order valence-corrected chi connectivity index (χ4v) is 2.34. The highest BCUT2D eigenvalue weighted by Gasteiger charge is 2.29. The van der Waals surface area contributed by atoms with E-state index in [9.17, 15) is 0 Å². The summed E-state index contributed by atoms with van der Waals surface area (Å²) in [4.78, 5) is 6.95. The molecule has 1 aliphatic rings. The Morgan fingerprint density at radius 2 is 2.22 bits per heavy atom. The molecule has 2 rings (SSSR count). The van der Waals surface area contributed by atoms with Crippen molar-refractivity contribution in [2.75, 3.05) is 18.4 Å². The molecule has 18 heavy (non-hydrogen) atoms. The largest absolute Gasteiger partial charge is 0.370 e. The van der Waals surface area contributed by atoms with Crippen molar-refractivity contribution in [3.8, 4) is 0 Å². The first kappa shape index (κ1) is 13.3. The monoisotopic (exact) mass is 247 g/mol. The molecule has 100 valence electrons. The Hall–Kier alpha value is -1.09. The third kappa shape index (κ3) is 3.98. The van der Waals surface area contributed by atoms with Crippen molar-refractivity contribution >= 4 is 5.82 Å². The van der Waals surface area contributed by atoms with Gasteiger partial charge in [0.05, 0.1) is 0 Å². The van der Waals surface area contributed by atoms with Gasteiger partial charge in [0.15, 0.2) is 0 Å². The predicted octanol–water partition coefficient (Wildman–Crippen LogP) is 3.13. The van der Waals surface area contributed by atoms with E-state index in [1.165, 1.54) is 24.9 Å². The van der Waals surface area contributed by atoms with E-state index in [-0.39, 0.29) is 0 Å². The number of hydrogen-bond donors (Lipinski definition) is 1. The summed E-state index contributed by atoms with van der Waals surface area (Å²) in [7, 11) is 0. The van der Waals surface area contributed by atoms with Crippen molar-refractivity contribution in [2.24, 2.45) is 5.92 Å². The molecule has 0 atom stereocenters. The van der Waals surface area contributed by atoms with Gasteiger partial charge in [-0.1, -0.05) is 13.8 Å². The molecular weight excluding hydrogens is 222 g/mol. The molecule has 0 amide bonds. The Morgan fingerprint density at radius 1 is 1.44 bits per heavy atom. The van der Waals surface area contributed by atoms with Crippen LogP contribution in [0.15, 0.2) is 18.3 Å². The highest BCUT2D eigenvalue weighted by molar-refractivity contribution is 5.37. The quantitative estimate of drug-likeness (QED) is 0.802. The Morgan fingerprint density at radius 3 is 2.83 bits per heavy atom. The number of hydrogen-bond acceptors (Lipinski definition) is 3. The molecule has 1 aromatic rings. The van der Waals surface area contributed by atoms with Crippen molar-refractivity contribution in [1.29, 1.82) is 0 Å². The molecule has 0 aliphatic heterocycles. The van der Waals surface area contributed by atoms with Crippen LogP contribution < -0.4 is 5.32 Å². The van der Waals surface area contributed by atoms with Crippen molar-refractivity contribution < 1.29 is 0 Å². The Bertz CT molecular complexity index is 372. The first-order valence-electron chi connectivity index (χ1n) is 7.12. The Labute approximate surface area is 111 Å². The smallest absolute Gasteiger partial charge is 0.126 e. The van der Waals surface area contributed by atoms with Crippen LogP contribution in [0, 0.1) is 5.92 Å². The highest BCUT2D eigenvalue weighted by Crippen LogP contribution is 2.29. The zero-order chi connectivity index (χ0) is 13.0. The van der Waals surface area contributed by atoms with Gasteiger partial charge in [-0.3, -0.25) is 4.90 Å². The number of rotatable bonds is 7. The molecule has 1 aromatic heterocycles. The summed E-state index contributed by atoms with van der Waals surface area (Å²) in [5, 5.41) is 3.28. The number of nitrogens with one attached hydrogen (secondary N) is 1. The fraction of sp³-hybridized carbons (Fsp3) is 0.667. The Balaban J connectivity index is 1.99. The average molecular weight is 247 g/mol. The van der Waals surface area contributed by atoms with Gasteiger partial charge in [0.2, 0.25) is 0 Å². The lowest BCUT2D eigenvalue weighted by atomic mass is 10.1. The molecule has 1 aliphatic carbocycles. The van der Waals surface area contributed by atoms with E-state index >= 15 is 0 Å². The summed E-state index contributed by atoms with van der Waals surface area (Å²) in [6, 6.07) is 5.14. The van der Waals surface area contributed by atoms with E-state index < -0.39 is 0 Å². The number of nitrogens with zero attached hydrogens (tertiary/aromatic N) is 2. The van der Waals surface area contributed by atoms with Crippen LogP contribution in [0.3, 0.4) is 0 Å². The van der Waals surface area contributed by atoms with Gasteiger partial charge in [-0.15, -0.1) is 0 Å². The summed E-state index contributed by atoms with van der Waals surface area (Å²) < 4.78 is 0. The van der Waals surface area contributed by atoms with Gasteiger partial charge >= 0.3 is 0 Å². The van der Waals surface area contributed by atoms with Crippen molar-refractivity contribution in [3.05, 3.63) is 23.9 Å². The number of pyridine rings is 1. The topological polar surface area (TPSA) is 28.2 Å². The summed E-state index contributed by atoms with van der Waals surface area (Å²) in [6.45, 7) is 9.88. The molecule has 0 spiro atoms. The lowest BCUT2D eigenvalue weighted by molar-refractivity contribution is 0.226. The van der Waals surface area contributed by atoms with Crippen LogP contribution in [-0.2, 0) is 6.54 Å². The molecule has 0 unspecified atom stereocenters. The number of anilines is 1. The minimum absolute atomic E-state index is 0.737. The summed E-state index contributed by atoms with van der Waals surface area (Å²) >= 11 is 0. The van der Waals surface area contributed by atoms with E-state index in [0.717, 1.165) is 30.9 Å². The van der Waals surface area contributed by atoms with Gasteiger partial charge in [-0.05, 0) is 43.4 Å². The molecule has 1 saturated carbocycles. The van der Waals surface area contributed by atoms with Gasteiger partial charge in [-0.2, -0.15) is 0 Å². The molecule has 3 heteroatoms. The van der Waals surface area contributed by atoms with Crippen molar-refractivity contribution in [3.63, 3.8) is 0 Å². The van der Waals surface area contributed by atoms with Crippen LogP contribution in [0.1, 0.15) is 39.2 Å². The van der Waals surface area contributed by atoms with Crippen LogP contribution in [0.5, 0.6) is 0 Å². The van der Waals surface area contributed by atoms with Gasteiger partial charge < -0.3 is 5.32 Å². The number of aromatic nitrogens is 1. The molecule has 0 saturated heterocycles. The molecular formula is C15H25N3. The Kier molecular flexibility index (Phi) is 4.59. The van der Waals surface area contributed by atoms with Crippen LogP contribution in [0.4, 0.5) is 5.82 Å². The maximum absolute atomic E-state index is 4.33. The summed E-state index contributed by atoms with van der Waals surface area (Å²) in [6.07, 6.45) is 4.66. The predicted molar refractivity (Wildman–Crippen MR) is 76.7 cm³/mol. The van der Waals surface area contributed by atoms with Crippen LogP contribution in [-0.4, -0.2) is 29.0 Å². The standard InChI is InChI=1S/C15H25N3/c1-4-16-15-9-13(7-8-17-15)11-18(10-12(2)3)14-5-6-14/h7-9,12,14H,4-6,10-11H2,1-3H3,(H,16,17). The minimum Gasteiger partial charge on any atom is -0.370 e. The third-order valence-electron chi connectivity index (χ3n) is 3.23. The van der Waals surface area contributed by atoms with Crippen molar-refractivity contribution in [1.82, 2.24) is 9.88 Å². The maximum Gasteiger partial charge on any atom is 0.126 e. The van der Waals surface area contributed by atoms with E-state index in [0.29, 0.717) is 0 Å². The molecule has 3 nitrogen and oxygen atoms in total. The van der Waals surface area contributed by atoms with Crippen LogP contribution >= 0.6 is 0 Å². The first-order chi connectivity index (χ1) is 8.69. The second-order valence-corrected chi connectivity index (χ2v) is 5.63. The zero-order valence-corrected chi connectivity index (χ0v) is 11.8. The van der Waals surface area contributed by atoms with Crippen LogP contribution in [0.2, 0.25) is 0 Å². The minimum atomic E-state index is 0.737. The second-order valence-electron chi connectivity index (χ2n) is 5.63. The third-order valence-corrected chi connectivity index (χ3v) is 3.23. The summed E-state index contributed by atoms with van der Waals surface area (Å²) in [5.74, 6) is 1.73. The summed E-state index contributed by atoms with van der Waals surface area (Å²) in [5.41, 5.74) is 1.37.